The molecule has 2 aromatic carbocycles. The molecule has 1 heterocycles. The minimum atomic E-state index is 0.521. The first-order valence-corrected chi connectivity index (χ1v) is 10.7. The predicted molar refractivity (Wildman–Crippen MR) is 128 cm³/mol. The first kappa shape index (κ1) is 21.8. The fraction of sp³-hybridized carbons (Fsp3) is 0.280. The van der Waals surface area contributed by atoms with Crippen LogP contribution in [0.1, 0.15) is 43.4 Å². The van der Waals surface area contributed by atoms with Crippen molar-refractivity contribution < 1.29 is 4.74 Å². The standard InChI is InChI=1S/C25H29N3OS/c1-4-29-24-13-11-23(12-14-24)27-25(30)28(18-21-6-5-15-26-16-21)17-20-7-9-22(10-8-20)19(2)3/h5-16,19H,4,17-18H2,1-3H3,(H,27,30). The zero-order valence-corrected chi connectivity index (χ0v) is 18.7. The molecule has 0 aliphatic heterocycles. The number of nitrogens with zero attached hydrogens (tertiary/aromatic N) is 2. The second-order valence-electron chi connectivity index (χ2n) is 7.50. The summed E-state index contributed by atoms with van der Waals surface area (Å²) in [4.78, 5) is 6.40. The number of aromatic nitrogens is 1. The van der Waals surface area contributed by atoms with E-state index in [2.05, 4.69) is 59.4 Å². The Morgan fingerprint density at radius 3 is 2.30 bits per heavy atom. The fourth-order valence-corrected chi connectivity index (χ4v) is 3.39. The van der Waals surface area contributed by atoms with Crippen molar-refractivity contribution in [2.75, 3.05) is 11.9 Å². The van der Waals surface area contributed by atoms with Gasteiger partial charge in [0, 0.05) is 31.2 Å². The third-order valence-corrected chi connectivity index (χ3v) is 5.18. The molecule has 0 unspecified atom stereocenters. The molecule has 1 N–H and O–H groups in total. The summed E-state index contributed by atoms with van der Waals surface area (Å²) in [5.74, 6) is 1.37. The number of hydrogen-bond acceptors (Lipinski definition) is 3. The zero-order valence-electron chi connectivity index (χ0n) is 17.8. The van der Waals surface area contributed by atoms with Gasteiger partial charge in [0.05, 0.1) is 6.61 Å². The SMILES string of the molecule is CCOc1ccc(NC(=S)N(Cc2ccc(C(C)C)cc2)Cc2cccnc2)cc1. The lowest BCUT2D eigenvalue weighted by Crippen LogP contribution is -2.33. The Balaban J connectivity index is 1.74. The highest BCUT2D eigenvalue weighted by atomic mass is 32.1. The third-order valence-electron chi connectivity index (χ3n) is 4.82. The third kappa shape index (κ3) is 6.29. The van der Waals surface area contributed by atoms with E-state index in [4.69, 9.17) is 17.0 Å². The number of benzene rings is 2. The van der Waals surface area contributed by atoms with Crippen LogP contribution < -0.4 is 10.1 Å². The number of rotatable bonds is 8. The molecule has 0 atom stereocenters. The Labute approximate surface area is 184 Å². The number of ether oxygens (including phenoxy) is 1. The van der Waals surface area contributed by atoms with Crippen LogP contribution in [0.15, 0.2) is 73.1 Å². The highest BCUT2D eigenvalue weighted by molar-refractivity contribution is 7.80. The smallest absolute Gasteiger partial charge is 0.174 e. The lowest BCUT2D eigenvalue weighted by molar-refractivity contribution is 0.340. The van der Waals surface area contributed by atoms with Gasteiger partial charge in [0.25, 0.3) is 0 Å². The molecular weight excluding hydrogens is 390 g/mol. The van der Waals surface area contributed by atoms with Gasteiger partial charge in [-0.15, -0.1) is 0 Å². The van der Waals surface area contributed by atoms with Crippen LogP contribution in [-0.2, 0) is 13.1 Å². The van der Waals surface area contributed by atoms with Crippen molar-refractivity contribution in [3.05, 3.63) is 89.7 Å². The van der Waals surface area contributed by atoms with E-state index in [1.807, 2.05) is 43.5 Å². The summed E-state index contributed by atoms with van der Waals surface area (Å²) in [6.45, 7) is 8.45. The lowest BCUT2D eigenvalue weighted by atomic mass is 10.0. The summed E-state index contributed by atoms with van der Waals surface area (Å²) in [5, 5.41) is 4.04. The van der Waals surface area contributed by atoms with E-state index in [1.54, 1.807) is 6.20 Å². The maximum absolute atomic E-state index is 5.77. The van der Waals surface area contributed by atoms with Crippen molar-refractivity contribution in [2.45, 2.75) is 39.8 Å². The number of hydrogen-bond donors (Lipinski definition) is 1. The van der Waals surface area contributed by atoms with Gasteiger partial charge < -0.3 is 15.0 Å². The van der Waals surface area contributed by atoms with E-state index < -0.39 is 0 Å². The van der Waals surface area contributed by atoms with Gasteiger partial charge in [-0.2, -0.15) is 0 Å². The van der Waals surface area contributed by atoms with E-state index in [9.17, 15) is 0 Å². The van der Waals surface area contributed by atoms with Crippen LogP contribution in [0.5, 0.6) is 5.75 Å². The molecule has 0 saturated carbocycles. The largest absolute Gasteiger partial charge is 0.494 e. The van der Waals surface area contributed by atoms with Crippen LogP contribution in [0.25, 0.3) is 0 Å². The topological polar surface area (TPSA) is 37.4 Å². The summed E-state index contributed by atoms with van der Waals surface area (Å²) >= 11 is 5.77. The van der Waals surface area contributed by atoms with Gasteiger partial charge in [-0.25, -0.2) is 0 Å². The molecule has 0 bridgehead atoms. The molecule has 1 aromatic heterocycles. The molecule has 0 saturated heterocycles. The molecule has 4 nitrogen and oxygen atoms in total. The Bertz CT molecular complexity index is 925. The van der Waals surface area contributed by atoms with Gasteiger partial charge in [-0.1, -0.05) is 44.2 Å². The first-order valence-electron chi connectivity index (χ1n) is 10.3. The number of anilines is 1. The summed E-state index contributed by atoms with van der Waals surface area (Å²) in [6, 6.07) is 20.7. The van der Waals surface area contributed by atoms with Crippen LogP contribution in [0.2, 0.25) is 0 Å². The highest BCUT2D eigenvalue weighted by Crippen LogP contribution is 2.19. The summed E-state index contributed by atoms with van der Waals surface area (Å²) in [7, 11) is 0. The Kier molecular flexibility index (Phi) is 7.80. The number of pyridine rings is 1. The van der Waals surface area contributed by atoms with Crippen molar-refractivity contribution in [3.63, 3.8) is 0 Å². The average molecular weight is 420 g/mol. The van der Waals surface area contributed by atoms with Crippen LogP contribution in [-0.4, -0.2) is 21.6 Å². The molecule has 3 aromatic rings. The molecule has 0 aliphatic rings. The van der Waals surface area contributed by atoms with E-state index in [1.165, 1.54) is 11.1 Å². The summed E-state index contributed by atoms with van der Waals surface area (Å²) in [5.41, 5.74) is 4.62. The van der Waals surface area contributed by atoms with Crippen molar-refractivity contribution >= 4 is 23.0 Å². The fourth-order valence-electron chi connectivity index (χ4n) is 3.14. The zero-order chi connectivity index (χ0) is 21.3. The summed E-state index contributed by atoms with van der Waals surface area (Å²) in [6.07, 6.45) is 3.67. The maximum atomic E-state index is 5.77. The molecule has 5 heteroatoms. The first-order chi connectivity index (χ1) is 14.5. The van der Waals surface area contributed by atoms with Gasteiger partial charge >= 0.3 is 0 Å². The minimum absolute atomic E-state index is 0.521. The Morgan fingerprint density at radius 1 is 1.00 bits per heavy atom. The van der Waals surface area contributed by atoms with Gasteiger partial charge in [0.15, 0.2) is 5.11 Å². The minimum Gasteiger partial charge on any atom is -0.494 e. The Hall–Kier alpha value is -2.92. The van der Waals surface area contributed by atoms with Crippen LogP contribution >= 0.6 is 12.2 Å². The molecule has 0 spiro atoms. The van der Waals surface area contributed by atoms with Crippen LogP contribution in [0.4, 0.5) is 5.69 Å². The second kappa shape index (κ2) is 10.7. The molecule has 0 radical (unpaired) electrons. The average Bonchev–Trinajstić information content (AvgIpc) is 2.76. The molecular formula is C25H29N3OS. The Morgan fingerprint density at radius 2 is 1.70 bits per heavy atom. The van der Waals surface area contributed by atoms with E-state index >= 15 is 0 Å². The quantitative estimate of drug-likeness (QED) is 0.453. The van der Waals surface area contributed by atoms with Gasteiger partial charge in [0.2, 0.25) is 0 Å². The van der Waals surface area contributed by atoms with Crippen molar-refractivity contribution in [3.8, 4) is 5.75 Å². The van der Waals surface area contributed by atoms with Crippen molar-refractivity contribution in [1.82, 2.24) is 9.88 Å². The monoisotopic (exact) mass is 419 g/mol. The molecule has 3 rings (SSSR count). The van der Waals surface area contributed by atoms with Gasteiger partial charge in [-0.05, 0) is 72.1 Å². The molecule has 0 amide bonds. The van der Waals surface area contributed by atoms with Gasteiger partial charge in [-0.3, -0.25) is 4.98 Å². The lowest BCUT2D eigenvalue weighted by Gasteiger charge is -2.26. The molecule has 0 fully saturated rings. The van der Waals surface area contributed by atoms with Crippen molar-refractivity contribution in [1.29, 1.82) is 0 Å². The van der Waals surface area contributed by atoms with E-state index in [-0.39, 0.29) is 0 Å². The predicted octanol–water partition coefficient (Wildman–Crippen LogP) is 6.00. The maximum Gasteiger partial charge on any atom is 0.174 e. The number of thiocarbonyl (C=S) groups is 1. The second-order valence-corrected chi connectivity index (χ2v) is 7.89. The highest BCUT2D eigenvalue weighted by Gasteiger charge is 2.12. The van der Waals surface area contributed by atoms with Crippen molar-refractivity contribution in [2.24, 2.45) is 0 Å². The van der Waals surface area contributed by atoms with E-state index in [0.717, 1.165) is 23.5 Å². The molecule has 0 aliphatic carbocycles. The van der Waals surface area contributed by atoms with Crippen LogP contribution in [0, 0.1) is 0 Å². The molecule has 30 heavy (non-hydrogen) atoms. The normalized spacial score (nSPS) is 10.7. The summed E-state index contributed by atoms with van der Waals surface area (Å²) < 4.78 is 5.52. The van der Waals surface area contributed by atoms with E-state index in [0.29, 0.717) is 24.2 Å². The van der Waals surface area contributed by atoms with Gasteiger partial charge in [0.1, 0.15) is 5.75 Å². The van der Waals surface area contributed by atoms with Crippen LogP contribution in [0.3, 0.4) is 0 Å². The molecule has 156 valence electrons. The number of nitrogens with one attached hydrogen (secondary N) is 1.